The maximum atomic E-state index is 12.1. The van der Waals surface area contributed by atoms with E-state index in [1.165, 1.54) is 16.9 Å². The summed E-state index contributed by atoms with van der Waals surface area (Å²) in [5, 5.41) is 20.6. The molecule has 0 aromatic carbocycles. The lowest BCUT2D eigenvalue weighted by atomic mass is 10.3. The summed E-state index contributed by atoms with van der Waals surface area (Å²) in [6, 6.07) is 0.629. The molecule has 1 atom stereocenters. The number of aromatic nitrogens is 4. The molecular formula is C14H18ClN5O3. The molecule has 2 heterocycles. The Bertz CT molecular complexity index is 737. The lowest BCUT2D eigenvalue weighted by Crippen LogP contribution is -2.34. The van der Waals surface area contributed by atoms with E-state index in [1.54, 1.807) is 11.6 Å². The lowest BCUT2D eigenvalue weighted by Gasteiger charge is -2.14. The first-order valence-corrected chi connectivity index (χ1v) is 7.44. The van der Waals surface area contributed by atoms with Gasteiger partial charge in [0.05, 0.1) is 23.0 Å². The number of nitrogens with zero attached hydrogens (tertiary/aromatic N) is 4. The molecule has 2 aromatic heterocycles. The fourth-order valence-corrected chi connectivity index (χ4v) is 2.36. The van der Waals surface area contributed by atoms with E-state index in [2.05, 4.69) is 15.5 Å². The van der Waals surface area contributed by atoms with Crippen molar-refractivity contribution in [1.29, 1.82) is 0 Å². The smallest absolute Gasteiger partial charge is 0.354 e. The highest BCUT2D eigenvalue weighted by Crippen LogP contribution is 2.18. The van der Waals surface area contributed by atoms with Gasteiger partial charge in [-0.1, -0.05) is 11.6 Å². The van der Waals surface area contributed by atoms with Crippen molar-refractivity contribution in [2.24, 2.45) is 0 Å². The number of halogens is 1. The van der Waals surface area contributed by atoms with Crippen LogP contribution >= 0.6 is 11.6 Å². The third-order valence-corrected chi connectivity index (χ3v) is 4.10. The molecule has 0 saturated carbocycles. The zero-order valence-corrected chi connectivity index (χ0v) is 13.8. The summed E-state index contributed by atoms with van der Waals surface area (Å²) in [6.45, 7) is 6.09. The van der Waals surface area contributed by atoms with Crippen LogP contribution in [0.5, 0.6) is 0 Å². The van der Waals surface area contributed by atoms with Gasteiger partial charge in [-0.15, -0.1) is 0 Å². The van der Waals surface area contributed by atoms with Gasteiger partial charge in [0, 0.05) is 12.7 Å². The van der Waals surface area contributed by atoms with Gasteiger partial charge in [-0.05, 0) is 26.8 Å². The van der Waals surface area contributed by atoms with Crippen molar-refractivity contribution in [3.05, 3.63) is 34.4 Å². The molecule has 9 heteroatoms. The first kappa shape index (κ1) is 17.0. The van der Waals surface area contributed by atoms with E-state index < -0.39 is 12.0 Å². The first-order chi connectivity index (χ1) is 10.8. The molecule has 0 saturated heterocycles. The van der Waals surface area contributed by atoms with E-state index >= 15 is 0 Å². The SMILES string of the molecule is Cc1nn(CCNC(=O)C(C)n2nccc2C(=O)O)c(C)c1Cl. The second-order valence-corrected chi connectivity index (χ2v) is 5.52. The number of carboxylic acids is 1. The molecule has 1 amide bonds. The van der Waals surface area contributed by atoms with Gasteiger partial charge in [0.15, 0.2) is 0 Å². The number of hydrogen-bond acceptors (Lipinski definition) is 4. The van der Waals surface area contributed by atoms with Crippen molar-refractivity contribution in [1.82, 2.24) is 24.9 Å². The molecule has 8 nitrogen and oxygen atoms in total. The highest BCUT2D eigenvalue weighted by atomic mass is 35.5. The molecule has 2 N–H and O–H groups in total. The number of carbonyl (C=O) groups is 2. The summed E-state index contributed by atoms with van der Waals surface area (Å²) in [4.78, 5) is 23.2. The van der Waals surface area contributed by atoms with Crippen molar-refractivity contribution in [2.75, 3.05) is 6.54 Å². The molecule has 0 bridgehead atoms. The molecule has 0 fully saturated rings. The minimum absolute atomic E-state index is 0.0297. The van der Waals surface area contributed by atoms with E-state index in [9.17, 15) is 9.59 Å². The zero-order chi connectivity index (χ0) is 17.1. The maximum absolute atomic E-state index is 12.1. The first-order valence-electron chi connectivity index (χ1n) is 7.07. The zero-order valence-electron chi connectivity index (χ0n) is 13.1. The van der Waals surface area contributed by atoms with Crippen LogP contribution in [0, 0.1) is 13.8 Å². The summed E-state index contributed by atoms with van der Waals surface area (Å²) >= 11 is 6.07. The Morgan fingerprint density at radius 2 is 2.13 bits per heavy atom. The van der Waals surface area contributed by atoms with Crippen LogP contribution in [0.1, 0.15) is 34.8 Å². The summed E-state index contributed by atoms with van der Waals surface area (Å²) in [5.74, 6) is -1.44. The number of aromatic carboxylic acids is 1. The molecule has 0 aliphatic heterocycles. The fraction of sp³-hybridized carbons (Fsp3) is 0.429. The lowest BCUT2D eigenvalue weighted by molar-refractivity contribution is -0.124. The van der Waals surface area contributed by atoms with Crippen LogP contribution in [0.4, 0.5) is 0 Å². The highest BCUT2D eigenvalue weighted by Gasteiger charge is 2.21. The fourth-order valence-electron chi connectivity index (χ4n) is 2.23. The molecule has 124 valence electrons. The number of aryl methyl sites for hydroxylation is 1. The number of nitrogens with one attached hydrogen (secondary N) is 1. The van der Waals surface area contributed by atoms with Crippen molar-refractivity contribution < 1.29 is 14.7 Å². The third kappa shape index (κ3) is 3.53. The van der Waals surface area contributed by atoms with Crippen LogP contribution in [-0.2, 0) is 11.3 Å². The van der Waals surface area contributed by atoms with Crippen LogP contribution in [0.15, 0.2) is 12.3 Å². The van der Waals surface area contributed by atoms with Crippen molar-refractivity contribution in [2.45, 2.75) is 33.4 Å². The van der Waals surface area contributed by atoms with E-state index in [0.29, 0.717) is 18.1 Å². The quantitative estimate of drug-likeness (QED) is 0.828. The van der Waals surface area contributed by atoms with Crippen LogP contribution in [0.25, 0.3) is 0 Å². The molecule has 2 rings (SSSR count). The van der Waals surface area contributed by atoms with Gasteiger partial charge in [0.1, 0.15) is 11.7 Å². The van der Waals surface area contributed by atoms with Gasteiger partial charge in [-0.25, -0.2) is 9.48 Å². The average Bonchev–Trinajstić information content (AvgIpc) is 3.08. The van der Waals surface area contributed by atoms with E-state index in [4.69, 9.17) is 16.7 Å². The topological polar surface area (TPSA) is 102 Å². The molecule has 23 heavy (non-hydrogen) atoms. The maximum Gasteiger partial charge on any atom is 0.354 e. The van der Waals surface area contributed by atoms with E-state index in [1.807, 2.05) is 13.8 Å². The number of amides is 1. The second-order valence-electron chi connectivity index (χ2n) is 5.14. The molecule has 0 radical (unpaired) electrons. The number of carboxylic acid groups (broad SMARTS) is 1. The Balaban J connectivity index is 1.95. The van der Waals surface area contributed by atoms with Crippen molar-refractivity contribution in [3.8, 4) is 0 Å². The second kappa shape index (κ2) is 6.82. The minimum Gasteiger partial charge on any atom is -0.477 e. The van der Waals surface area contributed by atoms with E-state index in [-0.39, 0.29) is 11.6 Å². The number of rotatable bonds is 6. The number of carbonyl (C=O) groups excluding carboxylic acids is 1. The van der Waals surface area contributed by atoms with Crippen LogP contribution in [-0.4, -0.2) is 43.1 Å². The van der Waals surface area contributed by atoms with E-state index in [0.717, 1.165) is 11.4 Å². The van der Waals surface area contributed by atoms with Crippen molar-refractivity contribution >= 4 is 23.5 Å². The van der Waals surface area contributed by atoms with Crippen molar-refractivity contribution in [3.63, 3.8) is 0 Å². The number of hydrogen-bond donors (Lipinski definition) is 2. The summed E-state index contributed by atoms with van der Waals surface area (Å²) in [6.07, 6.45) is 1.35. The molecular weight excluding hydrogens is 322 g/mol. The highest BCUT2D eigenvalue weighted by molar-refractivity contribution is 6.31. The van der Waals surface area contributed by atoms with Gasteiger partial charge >= 0.3 is 5.97 Å². The predicted molar refractivity (Wildman–Crippen MR) is 83.6 cm³/mol. The molecule has 0 aliphatic rings. The Kier molecular flexibility index (Phi) is 5.05. The van der Waals surface area contributed by atoms with Gasteiger partial charge in [-0.2, -0.15) is 10.2 Å². The third-order valence-electron chi connectivity index (χ3n) is 3.55. The monoisotopic (exact) mass is 339 g/mol. The van der Waals surface area contributed by atoms with Gasteiger partial charge < -0.3 is 10.4 Å². The molecule has 2 aromatic rings. The molecule has 0 spiro atoms. The van der Waals surface area contributed by atoms with Crippen LogP contribution in [0.2, 0.25) is 5.02 Å². The summed E-state index contributed by atoms with van der Waals surface area (Å²) in [7, 11) is 0. The van der Waals surface area contributed by atoms with Gasteiger partial charge in [0.25, 0.3) is 0 Å². The predicted octanol–water partition coefficient (Wildman–Crippen LogP) is 1.43. The standard InChI is InChI=1S/C14H18ClN5O3/c1-8-12(15)9(2)19(18-8)7-6-16-13(21)10(3)20-11(14(22)23)4-5-17-20/h4-5,10H,6-7H2,1-3H3,(H,16,21)(H,22,23). The minimum atomic E-state index is -1.13. The van der Waals surface area contributed by atoms with Gasteiger partial charge in [0.2, 0.25) is 5.91 Å². The van der Waals surface area contributed by atoms with Crippen LogP contribution in [0.3, 0.4) is 0 Å². The van der Waals surface area contributed by atoms with Crippen LogP contribution < -0.4 is 5.32 Å². The Morgan fingerprint density at radius 1 is 1.43 bits per heavy atom. The summed E-state index contributed by atoms with van der Waals surface area (Å²) in [5.41, 5.74) is 1.55. The summed E-state index contributed by atoms with van der Waals surface area (Å²) < 4.78 is 2.90. The largest absolute Gasteiger partial charge is 0.477 e. The van der Waals surface area contributed by atoms with Gasteiger partial charge in [-0.3, -0.25) is 9.48 Å². The Hall–Kier alpha value is -2.35. The molecule has 0 aliphatic carbocycles. The Morgan fingerprint density at radius 3 is 2.70 bits per heavy atom. The average molecular weight is 340 g/mol. The normalized spacial score (nSPS) is 12.2. The Labute approximate surface area is 138 Å². The molecule has 1 unspecified atom stereocenters.